The van der Waals surface area contributed by atoms with Crippen molar-refractivity contribution in [3.8, 4) is 0 Å². The van der Waals surface area contributed by atoms with Gasteiger partial charge in [0.2, 0.25) is 0 Å². The molecule has 1 aliphatic heterocycles. The average Bonchev–Trinajstić information content (AvgIpc) is 2.29. The minimum atomic E-state index is 0.896. The Labute approximate surface area is 84.0 Å². The zero-order chi connectivity index (χ0) is 9.38. The van der Waals surface area contributed by atoms with Crippen LogP contribution in [-0.2, 0) is 6.42 Å². The molecule has 0 atom stereocenters. The lowest BCUT2D eigenvalue weighted by Gasteiger charge is -2.28. The fourth-order valence-electron chi connectivity index (χ4n) is 2.34. The minimum absolute atomic E-state index is 0.896. The van der Waals surface area contributed by atoms with Crippen molar-refractivity contribution in [1.82, 2.24) is 10.6 Å². The van der Waals surface area contributed by atoms with E-state index in [0.717, 1.165) is 13.2 Å². The molecule has 0 saturated carbocycles. The summed E-state index contributed by atoms with van der Waals surface area (Å²) >= 11 is 0. The van der Waals surface area contributed by atoms with Crippen LogP contribution < -0.4 is 10.6 Å². The Hall–Kier alpha value is -1.28. The first-order chi connectivity index (χ1) is 6.95. The number of aryl methyl sites for hydroxylation is 1. The Bertz CT molecular complexity index is 393. The van der Waals surface area contributed by atoms with Crippen LogP contribution in [0.5, 0.6) is 0 Å². The van der Waals surface area contributed by atoms with Gasteiger partial charge in [-0.05, 0) is 24.0 Å². The van der Waals surface area contributed by atoms with E-state index in [1.165, 1.54) is 35.2 Å². The van der Waals surface area contributed by atoms with Crippen LogP contribution in [0.25, 0.3) is 5.70 Å². The second-order valence-electron chi connectivity index (χ2n) is 3.92. The summed E-state index contributed by atoms with van der Waals surface area (Å²) in [7, 11) is 0. The standard InChI is InChI=1S/C12H14N2/c1-2-4-11-9(3-1)5-6-10-7-13-8-14-12(10)11/h1-4,13-14H,5-8H2. The number of benzene rings is 1. The highest BCUT2D eigenvalue weighted by molar-refractivity contribution is 5.72. The summed E-state index contributed by atoms with van der Waals surface area (Å²) in [6.45, 7) is 1.95. The van der Waals surface area contributed by atoms with Gasteiger partial charge in [-0.25, -0.2) is 0 Å². The zero-order valence-electron chi connectivity index (χ0n) is 8.14. The third kappa shape index (κ3) is 1.15. The molecule has 2 heteroatoms. The summed E-state index contributed by atoms with van der Waals surface area (Å²) in [5.41, 5.74) is 5.82. The van der Waals surface area contributed by atoms with Gasteiger partial charge in [0, 0.05) is 17.8 Å². The molecule has 0 radical (unpaired) electrons. The maximum absolute atomic E-state index is 3.45. The van der Waals surface area contributed by atoms with E-state index in [-0.39, 0.29) is 0 Å². The van der Waals surface area contributed by atoms with E-state index >= 15 is 0 Å². The van der Waals surface area contributed by atoms with Gasteiger partial charge in [0.25, 0.3) is 0 Å². The highest BCUT2D eigenvalue weighted by Gasteiger charge is 2.19. The minimum Gasteiger partial charge on any atom is -0.372 e. The molecule has 2 nitrogen and oxygen atoms in total. The number of rotatable bonds is 0. The normalized spacial score (nSPS) is 19.7. The fourth-order valence-corrected chi connectivity index (χ4v) is 2.34. The first kappa shape index (κ1) is 8.06. The molecule has 0 spiro atoms. The largest absolute Gasteiger partial charge is 0.372 e. The third-order valence-electron chi connectivity index (χ3n) is 3.06. The SMILES string of the molecule is c1ccc2c(c1)CCC1=C2NCNC1. The van der Waals surface area contributed by atoms with E-state index in [1.807, 2.05) is 0 Å². The van der Waals surface area contributed by atoms with Crippen molar-refractivity contribution in [1.29, 1.82) is 0 Å². The van der Waals surface area contributed by atoms with Crippen LogP contribution in [0.4, 0.5) is 0 Å². The smallest absolute Gasteiger partial charge is 0.0655 e. The van der Waals surface area contributed by atoms with E-state index in [1.54, 1.807) is 0 Å². The Morgan fingerprint density at radius 1 is 1.07 bits per heavy atom. The van der Waals surface area contributed by atoms with Gasteiger partial charge in [0.1, 0.15) is 0 Å². The van der Waals surface area contributed by atoms with Gasteiger partial charge in [-0.2, -0.15) is 0 Å². The van der Waals surface area contributed by atoms with E-state index in [9.17, 15) is 0 Å². The lowest BCUT2D eigenvalue weighted by atomic mass is 9.88. The Kier molecular flexibility index (Phi) is 1.81. The molecule has 14 heavy (non-hydrogen) atoms. The number of hydrogen-bond acceptors (Lipinski definition) is 2. The Morgan fingerprint density at radius 2 is 2.00 bits per heavy atom. The lowest BCUT2D eigenvalue weighted by molar-refractivity contribution is 0.634. The Balaban J connectivity index is 2.13. The maximum Gasteiger partial charge on any atom is 0.0655 e. The molecule has 2 N–H and O–H groups in total. The van der Waals surface area contributed by atoms with E-state index in [0.29, 0.717) is 0 Å². The molecule has 0 aromatic heterocycles. The molecule has 0 saturated heterocycles. The predicted molar refractivity (Wildman–Crippen MR) is 57.7 cm³/mol. The van der Waals surface area contributed by atoms with Crippen LogP contribution in [0.1, 0.15) is 17.5 Å². The van der Waals surface area contributed by atoms with Gasteiger partial charge >= 0.3 is 0 Å². The molecule has 0 unspecified atom stereocenters. The summed E-state index contributed by atoms with van der Waals surface area (Å²) in [5.74, 6) is 0. The highest BCUT2D eigenvalue weighted by atomic mass is 15.1. The molecule has 1 heterocycles. The summed E-state index contributed by atoms with van der Waals surface area (Å²) in [4.78, 5) is 0. The molecule has 2 aliphatic rings. The quantitative estimate of drug-likeness (QED) is 0.641. The second-order valence-corrected chi connectivity index (χ2v) is 3.92. The zero-order valence-corrected chi connectivity index (χ0v) is 8.14. The van der Waals surface area contributed by atoms with E-state index in [4.69, 9.17) is 0 Å². The van der Waals surface area contributed by atoms with E-state index < -0.39 is 0 Å². The van der Waals surface area contributed by atoms with Crippen molar-refractivity contribution in [2.24, 2.45) is 0 Å². The molecule has 72 valence electrons. The predicted octanol–water partition coefficient (Wildman–Crippen LogP) is 1.49. The highest BCUT2D eigenvalue weighted by Crippen LogP contribution is 2.29. The van der Waals surface area contributed by atoms with Crippen molar-refractivity contribution in [3.63, 3.8) is 0 Å². The van der Waals surface area contributed by atoms with Crippen LogP contribution in [0.2, 0.25) is 0 Å². The molecule has 0 amide bonds. The third-order valence-corrected chi connectivity index (χ3v) is 3.06. The maximum atomic E-state index is 3.45. The van der Waals surface area contributed by atoms with Gasteiger partial charge in [-0.3, -0.25) is 5.32 Å². The van der Waals surface area contributed by atoms with Gasteiger partial charge in [0.05, 0.1) is 6.67 Å². The van der Waals surface area contributed by atoms with Crippen molar-refractivity contribution >= 4 is 5.70 Å². The Morgan fingerprint density at radius 3 is 3.00 bits per heavy atom. The first-order valence-electron chi connectivity index (χ1n) is 5.20. The topological polar surface area (TPSA) is 24.1 Å². The van der Waals surface area contributed by atoms with Gasteiger partial charge < -0.3 is 5.32 Å². The summed E-state index contributed by atoms with van der Waals surface area (Å²) < 4.78 is 0. The van der Waals surface area contributed by atoms with Gasteiger partial charge in [-0.1, -0.05) is 24.3 Å². The summed E-state index contributed by atoms with van der Waals surface area (Å²) in [5, 5.41) is 6.79. The first-order valence-corrected chi connectivity index (χ1v) is 5.20. The monoisotopic (exact) mass is 186 g/mol. The average molecular weight is 186 g/mol. The fraction of sp³-hybridized carbons (Fsp3) is 0.333. The van der Waals surface area contributed by atoms with E-state index in [2.05, 4.69) is 34.9 Å². The van der Waals surface area contributed by atoms with Crippen LogP contribution in [0, 0.1) is 0 Å². The van der Waals surface area contributed by atoms with Crippen molar-refractivity contribution in [2.45, 2.75) is 12.8 Å². The molecule has 1 aliphatic carbocycles. The number of nitrogens with one attached hydrogen (secondary N) is 2. The van der Waals surface area contributed by atoms with Crippen LogP contribution in [0.3, 0.4) is 0 Å². The van der Waals surface area contributed by atoms with Crippen molar-refractivity contribution < 1.29 is 0 Å². The molecule has 1 aromatic carbocycles. The molecular weight excluding hydrogens is 172 g/mol. The summed E-state index contributed by atoms with van der Waals surface area (Å²) in [6.07, 6.45) is 2.39. The number of fused-ring (bicyclic) bond motifs is 2. The second kappa shape index (κ2) is 3.14. The van der Waals surface area contributed by atoms with Crippen LogP contribution >= 0.6 is 0 Å². The molecule has 1 aromatic rings. The van der Waals surface area contributed by atoms with Crippen LogP contribution in [-0.4, -0.2) is 13.2 Å². The number of hydrogen-bond donors (Lipinski definition) is 2. The lowest BCUT2D eigenvalue weighted by Crippen LogP contribution is -2.37. The van der Waals surface area contributed by atoms with Gasteiger partial charge in [-0.15, -0.1) is 0 Å². The van der Waals surface area contributed by atoms with Crippen molar-refractivity contribution in [3.05, 3.63) is 41.0 Å². The molecular formula is C12H14N2. The van der Waals surface area contributed by atoms with Crippen molar-refractivity contribution in [2.75, 3.05) is 13.2 Å². The van der Waals surface area contributed by atoms with Crippen LogP contribution in [0.15, 0.2) is 29.8 Å². The molecule has 3 rings (SSSR count). The van der Waals surface area contributed by atoms with Gasteiger partial charge in [0.15, 0.2) is 0 Å². The molecule has 0 fully saturated rings. The molecule has 0 bridgehead atoms. The summed E-state index contributed by atoms with van der Waals surface area (Å²) in [6, 6.07) is 8.72.